The van der Waals surface area contributed by atoms with E-state index < -0.39 is 18.1 Å². The molecule has 2 atom stereocenters. The number of ether oxygens (including phenoxy) is 3. The van der Waals surface area contributed by atoms with Gasteiger partial charge < -0.3 is 29.3 Å². The molecule has 0 radical (unpaired) electrons. The van der Waals surface area contributed by atoms with Crippen molar-refractivity contribution in [3.63, 3.8) is 0 Å². The summed E-state index contributed by atoms with van der Waals surface area (Å²) >= 11 is 0. The largest absolute Gasteiger partial charge is 0.486 e. The van der Waals surface area contributed by atoms with Crippen molar-refractivity contribution in [2.75, 3.05) is 52.9 Å². The van der Waals surface area contributed by atoms with E-state index in [0.717, 1.165) is 4.90 Å². The Kier molecular flexibility index (Phi) is 5.25. The maximum absolute atomic E-state index is 13.1. The molecule has 10 nitrogen and oxygen atoms in total. The van der Waals surface area contributed by atoms with Gasteiger partial charge in [-0.2, -0.15) is 0 Å². The predicted molar refractivity (Wildman–Crippen MR) is 106 cm³/mol. The number of nitrogens with zero attached hydrogens (tertiary/aromatic N) is 3. The zero-order valence-electron chi connectivity index (χ0n) is 17.1. The van der Waals surface area contributed by atoms with E-state index in [-0.39, 0.29) is 11.8 Å². The molecule has 10 heteroatoms. The first-order valence-corrected chi connectivity index (χ1v) is 9.65. The zero-order chi connectivity index (χ0) is 21.4. The van der Waals surface area contributed by atoms with Gasteiger partial charge >= 0.3 is 6.03 Å². The van der Waals surface area contributed by atoms with Gasteiger partial charge in [-0.05, 0) is 18.2 Å². The second kappa shape index (κ2) is 7.86. The van der Waals surface area contributed by atoms with Crippen LogP contribution in [0, 0.1) is 5.92 Å². The number of hydrogen-bond acceptors (Lipinski definition) is 7. The number of anilines is 1. The summed E-state index contributed by atoms with van der Waals surface area (Å²) in [5.41, 5.74) is 0.861. The lowest BCUT2D eigenvalue weighted by molar-refractivity contribution is -0.137. The molecule has 1 aromatic rings. The molecular weight excluding hydrogens is 392 g/mol. The fourth-order valence-corrected chi connectivity index (χ4v) is 3.97. The number of benzene rings is 1. The highest BCUT2D eigenvalue weighted by molar-refractivity contribution is 6.06. The van der Waals surface area contributed by atoms with Crippen LogP contribution in [0.5, 0.6) is 11.5 Å². The van der Waals surface area contributed by atoms with Crippen LogP contribution in [0.4, 0.5) is 10.5 Å². The Morgan fingerprint density at radius 2 is 1.93 bits per heavy atom. The average Bonchev–Trinajstić information content (AvgIpc) is 3.14. The predicted octanol–water partition coefficient (Wildman–Crippen LogP) is 0.708. The third-order valence-corrected chi connectivity index (χ3v) is 5.46. The topological polar surface area (TPSA) is 101 Å². The van der Waals surface area contributed by atoms with Crippen molar-refractivity contribution in [3.05, 3.63) is 30.0 Å². The van der Waals surface area contributed by atoms with Crippen LogP contribution in [0.2, 0.25) is 0 Å². The molecule has 30 heavy (non-hydrogen) atoms. The SMILES string of the molecule is COCCN1C(C(=O)Nc2ccc3c(c2)OCCO3)=CC2C(=O)N(C)C(=O)N(C)C21. The van der Waals surface area contributed by atoms with Crippen molar-refractivity contribution in [1.82, 2.24) is 14.7 Å². The highest BCUT2D eigenvalue weighted by Crippen LogP contribution is 2.36. The van der Waals surface area contributed by atoms with Crippen molar-refractivity contribution >= 4 is 23.5 Å². The lowest BCUT2D eigenvalue weighted by atomic mass is 10.0. The maximum atomic E-state index is 13.1. The molecule has 3 aliphatic rings. The Hall–Kier alpha value is -3.27. The van der Waals surface area contributed by atoms with Crippen LogP contribution in [0.1, 0.15) is 0 Å². The number of urea groups is 1. The third kappa shape index (κ3) is 3.32. The first-order valence-electron chi connectivity index (χ1n) is 9.65. The summed E-state index contributed by atoms with van der Waals surface area (Å²) in [4.78, 5) is 42.5. The van der Waals surface area contributed by atoms with Crippen LogP contribution in [0.25, 0.3) is 0 Å². The van der Waals surface area contributed by atoms with Gasteiger partial charge in [0, 0.05) is 39.5 Å². The van der Waals surface area contributed by atoms with Gasteiger partial charge in [-0.25, -0.2) is 4.79 Å². The Bertz CT molecular complexity index is 917. The zero-order valence-corrected chi connectivity index (χ0v) is 17.1. The smallest absolute Gasteiger partial charge is 0.327 e. The molecule has 0 spiro atoms. The van der Waals surface area contributed by atoms with Crippen molar-refractivity contribution < 1.29 is 28.6 Å². The third-order valence-electron chi connectivity index (χ3n) is 5.46. The van der Waals surface area contributed by atoms with Crippen LogP contribution in [0.3, 0.4) is 0 Å². The Labute approximate surface area is 173 Å². The minimum Gasteiger partial charge on any atom is -0.486 e. The van der Waals surface area contributed by atoms with Gasteiger partial charge in [-0.1, -0.05) is 0 Å². The molecule has 0 saturated carbocycles. The van der Waals surface area contributed by atoms with Crippen LogP contribution >= 0.6 is 0 Å². The van der Waals surface area contributed by atoms with Crippen molar-refractivity contribution in [2.45, 2.75) is 6.17 Å². The number of amides is 4. The monoisotopic (exact) mass is 416 g/mol. The van der Waals surface area contributed by atoms with Crippen molar-refractivity contribution in [3.8, 4) is 11.5 Å². The summed E-state index contributed by atoms with van der Waals surface area (Å²) in [5, 5.41) is 2.85. The lowest BCUT2D eigenvalue weighted by Gasteiger charge is -2.43. The quantitative estimate of drug-likeness (QED) is 0.754. The molecule has 0 aliphatic carbocycles. The molecule has 0 aromatic heterocycles. The standard InChI is InChI=1S/C20H24N4O6/c1-22-18-13(19(26)23(2)20(22)27)11-14(24(18)6-7-28-3)17(25)21-12-4-5-15-16(10-12)30-9-8-29-15/h4-5,10-11,13,18H,6-9H2,1-3H3,(H,21,25). The minimum atomic E-state index is -0.629. The lowest BCUT2D eigenvalue weighted by Crippen LogP contribution is -2.62. The number of nitrogens with one attached hydrogen (secondary N) is 1. The highest BCUT2D eigenvalue weighted by Gasteiger charge is 2.50. The van der Waals surface area contributed by atoms with E-state index in [1.54, 1.807) is 43.3 Å². The minimum absolute atomic E-state index is 0.320. The van der Waals surface area contributed by atoms with Gasteiger partial charge in [0.25, 0.3) is 5.91 Å². The number of methoxy groups -OCH3 is 1. The van der Waals surface area contributed by atoms with E-state index >= 15 is 0 Å². The van der Waals surface area contributed by atoms with Gasteiger partial charge in [0.2, 0.25) is 5.91 Å². The Morgan fingerprint density at radius 1 is 1.20 bits per heavy atom. The van der Waals surface area contributed by atoms with E-state index in [1.165, 1.54) is 11.9 Å². The first kappa shape index (κ1) is 20.0. The van der Waals surface area contributed by atoms with Gasteiger partial charge in [0.05, 0.1) is 12.5 Å². The van der Waals surface area contributed by atoms with E-state index in [0.29, 0.717) is 49.2 Å². The van der Waals surface area contributed by atoms with Gasteiger partial charge in [-0.15, -0.1) is 0 Å². The normalized spacial score (nSPS) is 22.8. The summed E-state index contributed by atoms with van der Waals surface area (Å²) in [7, 11) is 4.62. The van der Waals surface area contributed by atoms with Crippen LogP contribution in [-0.4, -0.2) is 86.3 Å². The fourth-order valence-electron chi connectivity index (χ4n) is 3.97. The second-order valence-electron chi connectivity index (χ2n) is 7.28. The Morgan fingerprint density at radius 3 is 2.67 bits per heavy atom. The first-order chi connectivity index (χ1) is 14.4. The summed E-state index contributed by atoms with van der Waals surface area (Å²) in [6.07, 6.45) is 1.05. The summed E-state index contributed by atoms with van der Waals surface area (Å²) in [6, 6.07) is 4.75. The molecule has 1 N–H and O–H groups in total. The molecule has 3 heterocycles. The summed E-state index contributed by atoms with van der Waals surface area (Å²) in [5.74, 6) is -0.163. The van der Waals surface area contributed by atoms with Crippen LogP contribution in [-0.2, 0) is 14.3 Å². The van der Waals surface area contributed by atoms with Crippen molar-refractivity contribution in [2.24, 2.45) is 5.92 Å². The number of hydrogen-bond donors (Lipinski definition) is 1. The second-order valence-corrected chi connectivity index (χ2v) is 7.28. The molecular formula is C20H24N4O6. The molecule has 4 rings (SSSR count). The van der Waals surface area contributed by atoms with Gasteiger partial charge in [0.1, 0.15) is 25.1 Å². The maximum Gasteiger partial charge on any atom is 0.327 e. The van der Waals surface area contributed by atoms with E-state index in [2.05, 4.69) is 5.32 Å². The molecule has 1 aromatic carbocycles. The van der Waals surface area contributed by atoms with E-state index in [9.17, 15) is 14.4 Å². The Balaban J connectivity index is 1.60. The molecule has 1 fully saturated rings. The van der Waals surface area contributed by atoms with Crippen LogP contribution in [0.15, 0.2) is 30.0 Å². The number of imide groups is 1. The molecule has 3 aliphatic heterocycles. The van der Waals surface area contributed by atoms with Crippen molar-refractivity contribution in [1.29, 1.82) is 0 Å². The molecule has 1 saturated heterocycles. The molecule has 160 valence electrons. The van der Waals surface area contributed by atoms with Gasteiger partial charge in [0.15, 0.2) is 11.5 Å². The highest BCUT2D eigenvalue weighted by atomic mass is 16.6. The number of fused-ring (bicyclic) bond motifs is 2. The van der Waals surface area contributed by atoms with Crippen LogP contribution < -0.4 is 14.8 Å². The van der Waals surface area contributed by atoms with E-state index in [4.69, 9.17) is 14.2 Å². The molecule has 2 unspecified atom stereocenters. The fraction of sp³-hybridized carbons (Fsp3) is 0.450. The summed E-state index contributed by atoms with van der Waals surface area (Å²) < 4.78 is 16.2. The molecule has 0 bridgehead atoms. The van der Waals surface area contributed by atoms with Gasteiger partial charge in [-0.3, -0.25) is 14.5 Å². The summed E-state index contributed by atoms with van der Waals surface area (Å²) in [6.45, 7) is 1.62. The number of rotatable bonds is 5. The number of carbonyl (C=O) groups is 3. The average molecular weight is 416 g/mol. The molecule has 4 amide bonds. The van der Waals surface area contributed by atoms with E-state index in [1.807, 2.05) is 0 Å². The number of carbonyl (C=O) groups excluding carboxylic acids is 3.